The maximum Gasteiger partial charge on any atom is 0.433 e. The molecule has 2 aliphatic heterocycles. The van der Waals surface area contributed by atoms with Gasteiger partial charge in [-0.25, -0.2) is 15.0 Å². The molecule has 4 heterocycles. The Morgan fingerprint density at radius 2 is 1.90 bits per heavy atom. The predicted molar refractivity (Wildman–Crippen MR) is 106 cm³/mol. The molecule has 0 aromatic carbocycles. The molecular formula is C20H24F3N5OS. The van der Waals surface area contributed by atoms with Crippen molar-refractivity contribution in [2.45, 2.75) is 63.5 Å². The van der Waals surface area contributed by atoms with Gasteiger partial charge in [-0.3, -0.25) is 4.90 Å². The second-order valence-electron chi connectivity index (χ2n) is 8.19. The molecule has 0 atom stereocenters. The van der Waals surface area contributed by atoms with E-state index in [0.29, 0.717) is 18.5 Å². The van der Waals surface area contributed by atoms with Crippen LogP contribution >= 0.6 is 11.3 Å². The summed E-state index contributed by atoms with van der Waals surface area (Å²) < 4.78 is 44.8. The SMILES string of the molecule is FC(F)(F)c1cc(N(C2CC2)C2CCN(Cc3nc4c(s3)COCC4)CC2)ncn1. The summed E-state index contributed by atoms with van der Waals surface area (Å²) in [4.78, 5) is 18.2. The zero-order chi connectivity index (χ0) is 20.7. The highest BCUT2D eigenvalue weighted by Crippen LogP contribution is 2.37. The van der Waals surface area contributed by atoms with Crippen LogP contribution in [0.4, 0.5) is 19.0 Å². The van der Waals surface area contributed by atoms with Gasteiger partial charge in [-0.2, -0.15) is 13.2 Å². The van der Waals surface area contributed by atoms with Crippen molar-refractivity contribution in [2.75, 3.05) is 24.6 Å². The predicted octanol–water partition coefficient (Wildman–Crippen LogP) is 3.66. The lowest BCUT2D eigenvalue weighted by atomic mass is 10.0. The first-order valence-corrected chi connectivity index (χ1v) is 11.2. The Balaban J connectivity index is 1.24. The van der Waals surface area contributed by atoms with E-state index in [1.165, 1.54) is 10.6 Å². The second kappa shape index (κ2) is 8.05. The Kier molecular flexibility index (Phi) is 5.40. The number of nitrogens with zero attached hydrogens (tertiary/aromatic N) is 5. The van der Waals surface area contributed by atoms with Gasteiger partial charge in [0.2, 0.25) is 0 Å². The Labute approximate surface area is 177 Å². The average molecular weight is 440 g/mol. The van der Waals surface area contributed by atoms with Crippen LogP contribution in [0.15, 0.2) is 12.4 Å². The molecule has 1 saturated heterocycles. The maximum absolute atomic E-state index is 13.1. The highest BCUT2D eigenvalue weighted by atomic mass is 32.1. The quantitative estimate of drug-likeness (QED) is 0.709. The van der Waals surface area contributed by atoms with Gasteiger partial charge in [0.25, 0.3) is 0 Å². The van der Waals surface area contributed by atoms with Crippen molar-refractivity contribution in [3.63, 3.8) is 0 Å². The van der Waals surface area contributed by atoms with Gasteiger partial charge >= 0.3 is 6.18 Å². The van der Waals surface area contributed by atoms with E-state index >= 15 is 0 Å². The summed E-state index contributed by atoms with van der Waals surface area (Å²) in [7, 11) is 0. The summed E-state index contributed by atoms with van der Waals surface area (Å²) in [6, 6.07) is 1.61. The minimum atomic E-state index is -4.45. The van der Waals surface area contributed by atoms with Crippen molar-refractivity contribution in [1.29, 1.82) is 0 Å². The van der Waals surface area contributed by atoms with Crippen LogP contribution < -0.4 is 4.90 Å². The zero-order valence-electron chi connectivity index (χ0n) is 16.6. The van der Waals surface area contributed by atoms with Gasteiger partial charge < -0.3 is 9.64 Å². The number of thiazole rings is 1. The molecule has 2 aromatic rings. The lowest BCUT2D eigenvalue weighted by Gasteiger charge is -2.39. The van der Waals surface area contributed by atoms with E-state index in [0.717, 1.165) is 75.7 Å². The van der Waals surface area contributed by atoms with Gasteiger partial charge in [0.15, 0.2) is 0 Å². The molecule has 10 heteroatoms. The van der Waals surface area contributed by atoms with Gasteiger partial charge in [-0.15, -0.1) is 11.3 Å². The second-order valence-corrected chi connectivity index (χ2v) is 9.35. The molecule has 2 fully saturated rings. The normalized spacial score (nSPS) is 20.9. The average Bonchev–Trinajstić information content (AvgIpc) is 3.47. The van der Waals surface area contributed by atoms with Gasteiger partial charge in [-0.05, 0) is 25.7 Å². The topological polar surface area (TPSA) is 54.4 Å². The van der Waals surface area contributed by atoms with Crippen LogP contribution in [0, 0.1) is 0 Å². The molecule has 0 radical (unpaired) electrons. The van der Waals surface area contributed by atoms with Crippen molar-refractivity contribution in [2.24, 2.45) is 0 Å². The number of piperidine rings is 1. The third-order valence-corrected chi connectivity index (χ3v) is 7.05. The number of ether oxygens (including phenoxy) is 1. The van der Waals surface area contributed by atoms with Crippen molar-refractivity contribution in [3.05, 3.63) is 33.7 Å². The van der Waals surface area contributed by atoms with Crippen LogP contribution in [-0.4, -0.2) is 51.6 Å². The summed E-state index contributed by atoms with van der Waals surface area (Å²) in [5, 5.41) is 1.13. The summed E-state index contributed by atoms with van der Waals surface area (Å²) in [5.74, 6) is 0.408. The molecular weight excluding hydrogens is 415 g/mol. The van der Waals surface area contributed by atoms with Crippen molar-refractivity contribution >= 4 is 17.2 Å². The molecule has 0 unspecified atom stereocenters. The van der Waals surface area contributed by atoms with Gasteiger partial charge in [-0.1, -0.05) is 0 Å². The van der Waals surface area contributed by atoms with Crippen molar-refractivity contribution < 1.29 is 17.9 Å². The monoisotopic (exact) mass is 439 g/mol. The summed E-state index contributed by atoms with van der Waals surface area (Å²) >= 11 is 1.74. The van der Waals surface area contributed by atoms with Crippen LogP contribution in [0.2, 0.25) is 0 Å². The van der Waals surface area contributed by atoms with E-state index in [4.69, 9.17) is 9.72 Å². The Hall–Kier alpha value is -1.78. The van der Waals surface area contributed by atoms with E-state index in [1.54, 1.807) is 11.3 Å². The van der Waals surface area contributed by atoms with Crippen LogP contribution in [0.25, 0.3) is 0 Å². The maximum atomic E-state index is 13.1. The first-order chi connectivity index (χ1) is 14.5. The third-order valence-electron chi connectivity index (χ3n) is 6.00. The molecule has 30 heavy (non-hydrogen) atoms. The highest BCUT2D eigenvalue weighted by Gasteiger charge is 2.39. The smallest absolute Gasteiger partial charge is 0.375 e. The molecule has 1 aliphatic carbocycles. The number of anilines is 1. The van der Waals surface area contributed by atoms with E-state index in [-0.39, 0.29) is 6.04 Å². The summed E-state index contributed by atoms with van der Waals surface area (Å²) in [6.07, 6.45) is 1.33. The van der Waals surface area contributed by atoms with E-state index < -0.39 is 11.9 Å². The van der Waals surface area contributed by atoms with Crippen LogP contribution in [-0.2, 0) is 30.5 Å². The number of alkyl halides is 3. The van der Waals surface area contributed by atoms with Crippen LogP contribution in [0.5, 0.6) is 0 Å². The van der Waals surface area contributed by atoms with Gasteiger partial charge in [0.05, 0.1) is 30.3 Å². The lowest BCUT2D eigenvalue weighted by Crippen LogP contribution is -2.46. The Morgan fingerprint density at radius 1 is 1.13 bits per heavy atom. The highest BCUT2D eigenvalue weighted by molar-refractivity contribution is 7.11. The first kappa shape index (κ1) is 20.1. The molecule has 1 saturated carbocycles. The number of rotatable bonds is 5. The molecule has 3 aliphatic rings. The van der Waals surface area contributed by atoms with E-state index in [1.807, 2.05) is 0 Å². The fourth-order valence-electron chi connectivity index (χ4n) is 4.36. The molecule has 162 valence electrons. The largest absolute Gasteiger partial charge is 0.433 e. The number of hydrogen-bond acceptors (Lipinski definition) is 7. The van der Waals surface area contributed by atoms with E-state index in [2.05, 4.69) is 19.8 Å². The van der Waals surface area contributed by atoms with Gasteiger partial charge in [0, 0.05) is 37.7 Å². The number of likely N-dealkylation sites (tertiary alicyclic amines) is 1. The fourth-order valence-corrected chi connectivity index (χ4v) is 5.46. The van der Waals surface area contributed by atoms with Crippen molar-refractivity contribution in [3.8, 4) is 0 Å². The zero-order valence-corrected chi connectivity index (χ0v) is 17.4. The third kappa shape index (κ3) is 4.31. The number of halogens is 3. The summed E-state index contributed by atoms with van der Waals surface area (Å²) in [6.45, 7) is 4.07. The molecule has 0 amide bonds. The molecule has 5 rings (SSSR count). The van der Waals surface area contributed by atoms with Crippen molar-refractivity contribution in [1.82, 2.24) is 19.9 Å². The fraction of sp³-hybridized carbons (Fsp3) is 0.650. The van der Waals surface area contributed by atoms with Crippen LogP contribution in [0.1, 0.15) is 47.0 Å². The minimum absolute atomic E-state index is 0.211. The Morgan fingerprint density at radius 3 is 2.60 bits per heavy atom. The molecule has 6 nitrogen and oxygen atoms in total. The van der Waals surface area contributed by atoms with Gasteiger partial charge in [0.1, 0.15) is 22.8 Å². The summed E-state index contributed by atoms with van der Waals surface area (Å²) in [5.41, 5.74) is 0.313. The Bertz CT molecular complexity index is 869. The first-order valence-electron chi connectivity index (χ1n) is 10.4. The molecule has 0 N–H and O–H groups in total. The standard InChI is InChI=1S/C20H24F3N5OS/c21-20(22,23)17-9-18(25-12-24-17)28(13-1-2-13)14-3-6-27(7-4-14)10-19-26-15-5-8-29-11-16(15)30-19/h9,12-14H,1-8,10-11H2. The molecule has 0 spiro atoms. The minimum Gasteiger partial charge on any atom is -0.375 e. The van der Waals surface area contributed by atoms with Crippen LogP contribution in [0.3, 0.4) is 0 Å². The lowest BCUT2D eigenvalue weighted by molar-refractivity contribution is -0.141. The number of aromatic nitrogens is 3. The number of hydrogen-bond donors (Lipinski definition) is 0. The number of fused-ring (bicyclic) bond motifs is 1. The molecule has 2 aromatic heterocycles. The molecule has 0 bridgehead atoms. The van der Waals surface area contributed by atoms with E-state index in [9.17, 15) is 13.2 Å².